The maximum Gasteiger partial charge on any atom is 0.320 e. The summed E-state index contributed by atoms with van der Waals surface area (Å²) >= 11 is 0. The van der Waals surface area contributed by atoms with Gasteiger partial charge in [0.15, 0.2) is 5.78 Å². The Kier molecular flexibility index (Phi) is 3.51. The number of ketones is 1. The van der Waals surface area contributed by atoms with Gasteiger partial charge in [-0.1, -0.05) is 32.9 Å². The summed E-state index contributed by atoms with van der Waals surface area (Å²) < 4.78 is 5.19. The highest BCUT2D eigenvalue weighted by molar-refractivity contribution is 6.07. The molecule has 4 rings (SSSR count). The molecule has 4 nitrogen and oxygen atoms in total. The molecule has 0 aromatic heterocycles. The number of aliphatic hydroxyl groups excluding tert-OH is 1. The topological polar surface area (TPSA) is 63.6 Å². The number of carbonyl (C=O) groups is 2. The first kappa shape index (κ1) is 16.3. The molecule has 0 heterocycles. The Morgan fingerprint density at radius 1 is 1.25 bits per heavy atom. The number of allylic oxidation sites excluding steroid dienone is 2. The molecule has 24 heavy (non-hydrogen) atoms. The number of Topliss-reactive ketones (excluding diaryl/α,β-unsaturated/α-hetero) is 1. The lowest BCUT2D eigenvalue weighted by Crippen LogP contribution is -2.64. The van der Waals surface area contributed by atoms with Gasteiger partial charge in [0, 0.05) is 5.92 Å². The van der Waals surface area contributed by atoms with Crippen LogP contribution in [0.4, 0.5) is 0 Å². The predicted octanol–water partition coefficient (Wildman–Crippen LogP) is 2.46. The number of ether oxygens (including phenoxy) is 1. The number of aliphatic hydroxyl groups is 1. The summed E-state index contributed by atoms with van der Waals surface area (Å²) in [6.45, 7) is 6.29. The lowest BCUT2D eigenvalue weighted by Gasteiger charge is -2.57. The van der Waals surface area contributed by atoms with Crippen molar-refractivity contribution in [1.82, 2.24) is 0 Å². The van der Waals surface area contributed by atoms with E-state index >= 15 is 0 Å². The summed E-state index contributed by atoms with van der Waals surface area (Å²) in [6.07, 6.45) is 5.57. The molecular weight excluding hydrogens is 304 g/mol. The van der Waals surface area contributed by atoms with Gasteiger partial charge in [-0.2, -0.15) is 0 Å². The van der Waals surface area contributed by atoms with E-state index in [4.69, 9.17) is 4.74 Å². The SMILES string of the molecule is COC(=O)C12C(=O)C3C([C@@H](C)C1[C@@H](C)C=C[C@H]2C)[C@H]1C[C@H]3CC1O. The van der Waals surface area contributed by atoms with Crippen molar-refractivity contribution in [1.29, 1.82) is 0 Å². The van der Waals surface area contributed by atoms with Gasteiger partial charge in [-0.25, -0.2) is 0 Å². The normalized spacial score (nSPS) is 55.2. The number of fused-ring (bicyclic) bond motifs is 6. The lowest BCUT2D eigenvalue weighted by molar-refractivity contribution is -0.184. The van der Waals surface area contributed by atoms with Crippen LogP contribution in [-0.4, -0.2) is 30.1 Å². The minimum Gasteiger partial charge on any atom is -0.468 e. The zero-order chi connectivity index (χ0) is 17.4. The molecule has 2 bridgehead atoms. The molecule has 3 saturated carbocycles. The molecule has 0 spiro atoms. The third-order valence-electron chi connectivity index (χ3n) is 7.95. The van der Waals surface area contributed by atoms with Crippen molar-refractivity contribution in [2.45, 2.75) is 39.7 Å². The van der Waals surface area contributed by atoms with E-state index in [1.807, 2.05) is 13.0 Å². The van der Waals surface area contributed by atoms with E-state index in [-0.39, 0.29) is 65.2 Å². The standard InChI is InChI=1S/C20H28O4/c1-9-5-6-10(2)20(19(23)24-4)17(9)11(3)15-13-7-12(8-14(13)21)16(15)18(20)22/h5-6,9-17,21H,7-8H2,1-4H3/t9-,10+,11+,12-,13-,14?,15?,16?,17?,20?/m0/s1. The molecule has 0 aromatic carbocycles. The van der Waals surface area contributed by atoms with Crippen LogP contribution in [-0.2, 0) is 14.3 Å². The van der Waals surface area contributed by atoms with Crippen LogP contribution in [0.15, 0.2) is 12.2 Å². The van der Waals surface area contributed by atoms with Gasteiger partial charge in [0.2, 0.25) is 0 Å². The summed E-state index contributed by atoms with van der Waals surface area (Å²) in [4.78, 5) is 26.7. The third-order valence-corrected chi connectivity index (χ3v) is 7.95. The van der Waals surface area contributed by atoms with Crippen LogP contribution in [0.2, 0.25) is 0 Å². The first-order chi connectivity index (χ1) is 11.4. The number of carbonyl (C=O) groups excluding carboxylic acids is 2. The van der Waals surface area contributed by atoms with Crippen molar-refractivity contribution in [3.05, 3.63) is 12.2 Å². The molecule has 0 saturated heterocycles. The van der Waals surface area contributed by atoms with Crippen molar-refractivity contribution in [2.24, 2.45) is 52.8 Å². The Bertz CT molecular complexity index is 611. The first-order valence-electron chi connectivity index (χ1n) is 9.34. The first-order valence-corrected chi connectivity index (χ1v) is 9.34. The Morgan fingerprint density at radius 3 is 2.62 bits per heavy atom. The summed E-state index contributed by atoms with van der Waals surface area (Å²) in [5.74, 6) is 0.580. The van der Waals surface area contributed by atoms with Gasteiger partial charge in [0.05, 0.1) is 13.2 Å². The van der Waals surface area contributed by atoms with E-state index in [0.717, 1.165) is 6.42 Å². The van der Waals surface area contributed by atoms with Gasteiger partial charge in [-0.05, 0) is 54.3 Å². The molecule has 4 heteroatoms. The van der Waals surface area contributed by atoms with Crippen LogP contribution < -0.4 is 0 Å². The van der Waals surface area contributed by atoms with Crippen LogP contribution >= 0.6 is 0 Å². The van der Waals surface area contributed by atoms with Crippen LogP contribution in [0, 0.1) is 52.8 Å². The van der Waals surface area contributed by atoms with Gasteiger partial charge in [0.25, 0.3) is 0 Å². The summed E-state index contributed by atoms with van der Waals surface area (Å²) in [5, 5.41) is 10.4. The van der Waals surface area contributed by atoms with Gasteiger partial charge in [0.1, 0.15) is 5.41 Å². The molecule has 132 valence electrons. The highest BCUT2D eigenvalue weighted by Gasteiger charge is 2.71. The second-order valence-corrected chi connectivity index (χ2v) is 8.71. The number of hydrogen-bond donors (Lipinski definition) is 1. The Morgan fingerprint density at radius 2 is 1.96 bits per heavy atom. The highest BCUT2D eigenvalue weighted by atomic mass is 16.5. The number of esters is 1. The van der Waals surface area contributed by atoms with Crippen molar-refractivity contribution in [2.75, 3.05) is 7.11 Å². The minimum absolute atomic E-state index is 0.0368. The molecule has 0 amide bonds. The van der Waals surface area contributed by atoms with Crippen molar-refractivity contribution in [3.8, 4) is 0 Å². The van der Waals surface area contributed by atoms with E-state index < -0.39 is 5.41 Å². The molecule has 3 fully saturated rings. The van der Waals surface area contributed by atoms with Crippen molar-refractivity contribution >= 4 is 11.8 Å². The number of hydrogen-bond acceptors (Lipinski definition) is 4. The zero-order valence-electron chi connectivity index (χ0n) is 14.9. The van der Waals surface area contributed by atoms with Crippen molar-refractivity contribution in [3.63, 3.8) is 0 Å². The molecule has 5 unspecified atom stereocenters. The average Bonchev–Trinajstić information content (AvgIpc) is 3.11. The zero-order valence-corrected chi connectivity index (χ0v) is 14.9. The monoisotopic (exact) mass is 332 g/mol. The average molecular weight is 332 g/mol. The fourth-order valence-electron chi connectivity index (χ4n) is 7.20. The molecular formula is C20H28O4. The Labute approximate surface area is 143 Å². The Hall–Kier alpha value is -1.16. The minimum atomic E-state index is -1.04. The van der Waals surface area contributed by atoms with Gasteiger partial charge >= 0.3 is 5.97 Å². The van der Waals surface area contributed by atoms with Gasteiger partial charge in [-0.15, -0.1) is 0 Å². The molecule has 1 N–H and O–H groups in total. The van der Waals surface area contributed by atoms with Crippen molar-refractivity contribution < 1.29 is 19.4 Å². The fourth-order valence-corrected chi connectivity index (χ4v) is 7.20. The fraction of sp³-hybridized carbons (Fsp3) is 0.800. The van der Waals surface area contributed by atoms with Crippen LogP contribution in [0.5, 0.6) is 0 Å². The van der Waals surface area contributed by atoms with Crippen LogP contribution in [0.1, 0.15) is 33.6 Å². The van der Waals surface area contributed by atoms with Crippen LogP contribution in [0.25, 0.3) is 0 Å². The lowest BCUT2D eigenvalue weighted by atomic mass is 9.44. The summed E-state index contributed by atoms with van der Waals surface area (Å²) in [5.41, 5.74) is -1.04. The second-order valence-electron chi connectivity index (χ2n) is 8.71. The second kappa shape index (κ2) is 5.17. The smallest absolute Gasteiger partial charge is 0.320 e. The maximum absolute atomic E-state index is 13.7. The molecule has 10 atom stereocenters. The quantitative estimate of drug-likeness (QED) is 0.455. The molecule has 4 aliphatic rings. The van der Waals surface area contributed by atoms with Gasteiger partial charge < -0.3 is 9.84 Å². The Balaban J connectivity index is 1.88. The highest BCUT2D eigenvalue weighted by Crippen LogP contribution is 2.66. The van der Waals surface area contributed by atoms with Crippen LogP contribution in [0.3, 0.4) is 0 Å². The molecule has 0 aromatic rings. The van der Waals surface area contributed by atoms with E-state index in [1.165, 1.54) is 7.11 Å². The predicted molar refractivity (Wildman–Crippen MR) is 88.8 cm³/mol. The summed E-state index contributed by atoms with van der Waals surface area (Å²) in [6, 6.07) is 0. The van der Waals surface area contributed by atoms with E-state index in [0.29, 0.717) is 6.42 Å². The maximum atomic E-state index is 13.7. The van der Waals surface area contributed by atoms with E-state index in [2.05, 4.69) is 19.9 Å². The molecule has 0 aliphatic heterocycles. The summed E-state index contributed by atoms with van der Waals surface area (Å²) in [7, 11) is 1.40. The number of rotatable bonds is 1. The number of methoxy groups -OCH3 is 1. The molecule has 0 radical (unpaired) electrons. The molecule has 4 aliphatic carbocycles. The largest absolute Gasteiger partial charge is 0.468 e. The van der Waals surface area contributed by atoms with E-state index in [1.54, 1.807) is 0 Å². The third kappa shape index (κ3) is 1.68. The van der Waals surface area contributed by atoms with E-state index in [9.17, 15) is 14.7 Å². The van der Waals surface area contributed by atoms with Gasteiger partial charge in [-0.3, -0.25) is 9.59 Å².